The Morgan fingerprint density at radius 2 is 1.93 bits per heavy atom. The summed E-state index contributed by atoms with van der Waals surface area (Å²) in [6.07, 6.45) is 1.81. The molecule has 5 heteroatoms. The van der Waals surface area contributed by atoms with Crippen molar-refractivity contribution in [3.63, 3.8) is 0 Å². The smallest absolute Gasteiger partial charge is 0.308 e. The van der Waals surface area contributed by atoms with Crippen LogP contribution in [0.1, 0.15) is 12.8 Å². The lowest BCUT2D eigenvalue weighted by molar-refractivity contribution is -0.147. The molecule has 1 heterocycles. The van der Waals surface area contributed by atoms with E-state index in [0.29, 0.717) is 0 Å². The third-order valence-corrected chi connectivity index (χ3v) is 3.44. The molecule has 0 aromatic heterocycles. The van der Waals surface area contributed by atoms with Gasteiger partial charge in [-0.15, -0.1) is 0 Å². The average molecular weight is 213 g/mol. The first-order chi connectivity index (χ1) is 7.16. The van der Waals surface area contributed by atoms with E-state index < -0.39 is 5.97 Å². The number of likely N-dealkylation sites (N-methyl/N-ethyl adjacent to an activating group) is 1. The summed E-state index contributed by atoms with van der Waals surface area (Å²) < 4.78 is 0. The van der Waals surface area contributed by atoms with Crippen LogP contribution < -0.4 is 5.43 Å². The van der Waals surface area contributed by atoms with E-state index in [1.807, 2.05) is 0 Å². The lowest BCUT2D eigenvalue weighted by Gasteiger charge is -2.41. The van der Waals surface area contributed by atoms with E-state index in [0.717, 1.165) is 39.0 Å². The molecule has 1 aliphatic carbocycles. The topological polar surface area (TPSA) is 55.8 Å². The van der Waals surface area contributed by atoms with Gasteiger partial charge in [0.1, 0.15) is 0 Å². The minimum atomic E-state index is -0.659. The zero-order valence-electron chi connectivity index (χ0n) is 9.15. The second-order valence-corrected chi connectivity index (χ2v) is 4.55. The van der Waals surface area contributed by atoms with E-state index in [2.05, 4.69) is 22.4 Å². The summed E-state index contributed by atoms with van der Waals surface area (Å²) in [4.78, 5) is 13.1. The minimum absolute atomic E-state index is 0.158. The molecule has 1 saturated heterocycles. The summed E-state index contributed by atoms with van der Waals surface area (Å²) >= 11 is 0. The van der Waals surface area contributed by atoms with E-state index in [1.54, 1.807) is 0 Å². The Kier molecular flexibility index (Phi) is 3.23. The number of hydrazine groups is 1. The maximum Gasteiger partial charge on any atom is 0.308 e. The van der Waals surface area contributed by atoms with Gasteiger partial charge in [0.2, 0.25) is 0 Å². The largest absolute Gasteiger partial charge is 0.481 e. The van der Waals surface area contributed by atoms with E-state index >= 15 is 0 Å². The Labute approximate surface area is 90.0 Å². The van der Waals surface area contributed by atoms with Gasteiger partial charge in [-0.3, -0.25) is 10.2 Å². The number of hydrogen-bond acceptors (Lipinski definition) is 4. The minimum Gasteiger partial charge on any atom is -0.481 e. The van der Waals surface area contributed by atoms with Crippen LogP contribution >= 0.6 is 0 Å². The summed E-state index contributed by atoms with van der Waals surface area (Å²) in [7, 11) is 2.11. The summed E-state index contributed by atoms with van der Waals surface area (Å²) in [6, 6.07) is 0.158. The number of nitrogens with zero attached hydrogens (tertiary/aromatic N) is 2. The van der Waals surface area contributed by atoms with Crippen LogP contribution in [0, 0.1) is 5.92 Å². The molecule has 2 unspecified atom stereocenters. The lowest BCUT2D eigenvalue weighted by atomic mass is 9.80. The Morgan fingerprint density at radius 1 is 1.27 bits per heavy atom. The van der Waals surface area contributed by atoms with Crippen LogP contribution in [0.3, 0.4) is 0 Å². The van der Waals surface area contributed by atoms with Crippen molar-refractivity contribution in [2.24, 2.45) is 5.92 Å². The predicted molar refractivity (Wildman–Crippen MR) is 56.4 cm³/mol. The Bertz CT molecular complexity index is 239. The maximum absolute atomic E-state index is 10.8. The maximum atomic E-state index is 10.8. The highest BCUT2D eigenvalue weighted by Gasteiger charge is 2.37. The average Bonchev–Trinajstić information content (AvgIpc) is 2.14. The van der Waals surface area contributed by atoms with Gasteiger partial charge < -0.3 is 10.0 Å². The Hall–Kier alpha value is -0.650. The Balaban J connectivity index is 1.75. The third-order valence-electron chi connectivity index (χ3n) is 3.44. The number of aliphatic carboxylic acids is 1. The van der Waals surface area contributed by atoms with E-state index in [-0.39, 0.29) is 12.0 Å². The first-order valence-electron chi connectivity index (χ1n) is 5.59. The molecule has 0 amide bonds. The van der Waals surface area contributed by atoms with Crippen molar-refractivity contribution >= 4 is 5.97 Å². The van der Waals surface area contributed by atoms with Crippen LogP contribution in [-0.4, -0.2) is 60.3 Å². The van der Waals surface area contributed by atoms with Crippen LogP contribution in [0.4, 0.5) is 0 Å². The molecule has 0 aromatic carbocycles. The first kappa shape index (κ1) is 10.9. The molecule has 15 heavy (non-hydrogen) atoms. The van der Waals surface area contributed by atoms with E-state index in [9.17, 15) is 4.79 Å². The molecule has 2 N–H and O–H groups in total. The zero-order chi connectivity index (χ0) is 10.8. The van der Waals surface area contributed by atoms with Crippen LogP contribution in [0.5, 0.6) is 0 Å². The fourth-order valence-electron chi connectivity index (χ4n) is 2.12. The van der Waals surface area contributed by atoms with Gasteiger partial charge in [-0.1, -0.05) is 0 Å². The summed E-state index contributed by atoms with van der Waals surface area (Å²) in [5, 5.41) is 11.1. The number of carboxylic acids is 1. The summed E-state index contributed by atoms with van der Waals surface area (Å²) in [5.74, 6) is -0.836. The second kappa shape index (κ2) is 4.47. The normalized spacial score (nSPS) is 33.7. The van der Waals surface area contributed by atoms with Crippen LogP contribution in [0.15, 0.2) is 0 Å². The molecule has 0 bridgehead atoms. The second-order valence-electron chi connectivity index (χ2n) is 4.55. The fraction of sp³-hybridized carbons (Fsp3) is 0.900. The van der Waals surface area contributed by atoms with Crippen molar-refractivity contribution < 1.29 is 9.90 Å². The molecule has 2 fully saturated rings. The molecule has 0 aromatic rings. The molecule has 0 radical (unpaired) electrons. The van der Waals surface area contributed by atoms with Gasteiger partial charge >= 0.3 is 5.97 Å². The van der Waals surface area contributed by atoms with Crippen molar-refractivity contribution in [1.29, 1.82) is 0 Å². The van der Waals surface area contributed by atoms with Gasteiger partial charge in [0.05, 0.1) is 5.92 Å². The highest BCUT2D eigenvalue weighted by molar-refractivity contribution is 5.72. The summed E-state index contributed by atoms with van der Waals surface area (Å²) in [6.45, 7) is 4.08. The van der Waals surface area contributed by atoms with Gasteiger partial charge in [0.25, 0.3) is 0 Å². The fourth-order valence-corrected chi connectivity index (χ4v) is 2.12. The monoisotopic (exact) mass is 213 g/mol. The SMILES string of the molecule is CN1CCN(NC2CCC2C(=O)O)CC1. The van der Waals surface area contributed by atoms with Crippen molar-refractivity contribution in [2.45, 2.75) is 18.9 Å². The van der Waals surface area contributed by atoms with Crippen molar-refractivity contribution in [2.75, 3.05) is 33.2 Å². The molecule has 86 valence electrons. The van der Waals surface area contributed by atoms with Crippen molar-refractivity contribution in [1.82, 2.24) is 15.3 Å². The molecule has 2 atom stereocenters. The predicted octanol–water partition coefficient (Wildman–Crippen LogP) is -0.398. The first-order valence-corrected chi connectivity index (χ1v) is 5.59. The molecule has 1 saturated carbocycles. The number of nitrogens with one attached hydrogen (secondary N) is 1. The van der Waals surface area contributed by atoms with Gasteiger partial charge in [0, 0.05) is 32.2 Å². The third kappa shape index (κ3) is 2.48. The Morgan fingerprint density at radius 3 is 2.40 bits per heavy atom. The van der Waals surface area contributed by atoms with Gasteiger partial charge in [-0.25, -0.2) is 5.01 Å². The lowest BCUT2D eigenvalue weighted by Crippen LogP contribution is -2.59. The number of rotatable bonds is 3. The number of carbonyl (C=O) groups is 1. The van der Waals surface area contributed by atoms with Gasteiger partial charge in [-0.05, 0) is 19.9 Å². The molecular weight excluding hydrogens is 194 g/mol. The van der Waals surface area contributed by atoms with E-state index in [1.165, 1.54) is 0 Å². The molecule has 5 nitrogen and oxygen atoms in total. The standard InChI is InChI=1S/C10H19N3O2/c1-12-4-6-13(7-5-12)11-9-3-2-8(9)10(14)15/h8-9,11H,2-7H2,1H3,(H,14,15). The zero-order valence-corrected chi connectivity index (χ0v) is 9.15. The van der Waals surface area contributed by atoms with E-state index in [4.69, 9.17) is 5.11 Å². The van der Waals surface area contributed by atoms with Gasteiger partial charge in [-0.2, -0.15) is 0 Å². The molecule has 2 aliphatic rings. The molecule has 1 aliphatic heterocycles. The summed E-state index contributed by atoms with van der Waals surface area (Å²) in [5.41, 5.74) is 3.33. The number of piperazine rings is 1. The number of hydrogen-bond donors (Lipinski definition) is 2. The molecule has 0 spiro atoms. The van der Waals surface area contributed by atoms with Crippen LogP contribution in [0.2, 0.25) is 0 Å². The molecule has 2 rings (SSSR count). The quantitative estimate of drug-likeness (QED) is 0.668. The number of carboxylic acid groups (broad SMARTS) is 1. The highest BCUT2D eigenvalue weighted by Crippen LogP contribution is 2.27. The van der Waals surface area contributed by atoms with Crippen LogP contribution in [0.25, 0.3) is 0 Å². The van der Waals surface area contributed by atoms with Crippen molar-refractivity contribution in [3.8, 4) is 0 Å². The van der Waals surface area contributed by atoms with Crippen LogP contribution in [-0.2, 0) is 4.79 Å². The highest BCUT2D eigenvalue weighted by atomic mass is 16.4. The van der Waals surface area contributed by atoms with Crippen molar-refractivity contribution in [3.05, 3.63) is 0 Å². The molecular formula is C10H19N3O2. The van der Waals surface area contributed by atoms with Gasteiger partial charge in [0.15, 0.2) is 0 Å².